The van der Waals surface area contributed by atoms with E-state index in [1.807, 2.05) is 0 Å². The topological polar surface area (TPSA) is 21.8 Å². The van der Waals surface area contributed by atoms with Gasteiger partial charge in [-0.1, -0.05) is 13.8 Å². The Bertz CT molecular complexity index is 267. The summed E-state index contributed by atoms with van der Waals surface area (Å²) in [6.45, 7) is 14.1. The van der Waals surface area contributed by atoms with E-state index in [0.29, 0.717) is 0 Å². The summed E-state index contributed by atoms with van der Waals surface area (Å²) in [5.74, 6) is 0. The Kier molecular flexibility index (Phi) is 6.75. The van der Waals surface area contributed by atoms with Crippen molar-refractivity contribution in [1.29, 1.82) is 0 Å². The molecule has 0 saturated carbocycles. The molecular formula is C16H34N4. The van der Waals surface area contributed by atoms with E-state index in [1.54, 1.807) is 0 Å². The molecule has 2 bridgehead atoms. The van der Waals surface area contributed by atoms with Crippen LogP contribution >= 0.6 is 0 Å². The van der Waals surface area contributed by atoms with Gasteiger partial charge in [0.25, 0.3) is 0 Å². The molecule has 0 spiro atoms. The van der Waals surface area contributed by atoms with E-state index >= 15 is 0 Å². The van der Waals surface area contributed by atoms with Gasteiger partial charge in [-0.2, -0.15) is 0 Å². The lowest BCUT2D eigenvalue weighted by molar-refractivity contribution is 0.218. The summed E-state index contributed by atoms with van der Waals surface area (Å²) >= 11 is 0. The number of likely N-dealkylation sites (N-methyl/N-ethyl adjacent to an activating group) is 2. The lowest BCUT2D eigenvalue weighted by Crippen LogP contribution is -2.40. The molecule has 0 aromatic heterocycles. The smallest absolute Gasteiger partial charge is 0.0223 e. The van der Waals surface area contributed by atoms with Crippen molar-refractivity contribution in [2.45, 2.75) is 45.2 Å². The van der Waals surface area contributed by atoms with E-state index in [-0.39, 0.29) is 0 Å². The molecule has 2 rings (SSSR count). The second kappa shape index (κ2) is 8.32. The molecule has 0 aromatic carbocycles. The first-order valence-corrected chi connectivity index (χ1v) is 8.62. The Morgan fingerprint density at radius 2 is 1.80 bits per heavy atom. The van der Waals surface area contributed by atoms with Crippen LogP contribution in [0, 0.1) is 0 Å². The van der Waals surface area contributed by atoms with Crippen molar-refractivity contribution < 1.29 is 0 Å². The molecule has 0 radical (unpaired) electrons. The zero-order chi connectivity index (χ0) is 14.4. The number of rotatable bonds is 8. The molecule has 2 aliphatic heterocycles. The Morgan fingerprint density at radius 3 is 2.55 bits per heavy atom. The van der Waals surface area contributed by atoms with Crippen molar-refractivity contribution in [3.63, 3.8) is 0 Å². The molecule has 0 amide bonds. The summed E-state index contributed by atoms with van der Waals surface area (Å²) in [5, 5.41) is 3.61. The Labute approximate surface area is 125 Å². The maximum absolute atomic E-state index is 3.61. The normalized spacial score (nSPS) is 28.2. The molecule has 20 heavy (non-hydrogen) atoms. The molecule has 2 heterocycles. The van der Waals surface area contributed by atoms with Gasteiger partial charge in [0.1, 0.15) is 0 Å². The van der Waals surface area contributed by atoms with Crippen LogP contribution in [-0.4, -0.2) is 86.2 Å². The van der Waals surface area contributed by atoms with Crippen molar-refractivity contribution >= 4 is 0 Å². The lowest BCUT2D eigenvalue weighted by atomic mass is 10.1. The quantitative estimate of drug-likeness (QED) is 0.673. The Morgan fingerprint density at radius 1 is 1.05 bits per heavy atom. The molecular weight excluding hydrogens is 248 g/mol. The van der Waals surface area contributed by atoms with Gasteiger partial charge in [-0.3, -0.25) is 4.90 Å². The van der Waals surface area contributed by atoms with Crippen LogP contribution in [0.5, 0.6) is 0 Å². The van der Waals surface area contributed by atoms with E-state index in [4.69, 9.17) is 0 Å². The largest absolute Gasteiger partial charge is 0.314 e. The summed E-state index contributed by atoms with van der Waals surface area (Å²) in [4.78, 5) is 7.78. The minimum atomic E-state index is 0.818. The number of hydrogen-bond donors (Lipinski definition) is 1. The molecule has 4 heteroatoms. The third-order valence-corrected chi connectivity index (χ3v) is 5.34. The van der Waals surface area contributed by atoms with E-state index in [1.165, 1.54) is 58.5 Å². The van der Waals surface area contributed by atoms with Crippen LogP contribution < -0.4 is 5.32 Å². The molecule has 4 nitrogen and oxygen atoms in total. The summed E-state index contributed by atoms with van der Waals surface area (Å²) in [7, 11) is 2.33. The van der Waals surface area contributed by atoms with Crippen LogP contribution in [0.4, 0.5) is 0 Å². The van der Waals surface area contributed by atoms with E-state index in [2.05, 4.69) is 40.9 Å². The first kappa shape index (κ1) is 16.2. The van der Waals surface area contributed by atoms with Crippen LogP contribution in [0.25, 0.3) is 0 Å². The predicted octanol–water partition coefficient (Wildman–Crippen LogP) is 1.09. The fourth-order valence-electron chi connectivity index (χ4n) is 3.72. The minimum Gasteiger partial charge on any atom is -0.314 e. The molecule has 2 saturated heterocycles. The van der Waals surface area contributed by atoms with Crippen LogP contribution in [0.15, 0.2) is 0 Å². The van der Waals surface area contributed by atoms with Gasteiger partial charge in [0.05, 0.1) is 0 Å². The van der Waals surface area contributed by atoms with E-state index in [0.717, 1.165) is 25.2 Å². The van der Waals surface area contributed by atoms with Gasteiger partial charge >= 0.3 is 0 Å². The number of likely N-dealkylation sites (tertiary alicyclic amines) is 1. The summed E-state index contributed by atoms with van der Waals surface area (Å²) < 4.78 is 0. The van der Waals surface area contributed by atoms with Gasteiger partial charge < -0.3 is 15.1 Å². The van der Waals surface area contributed by atoms with Crippen LogP contribution in [0.3, 0.4) is 0 Å². The second-order valence-corrected chi connectivity index (χ2v) is 6.42. The van der Waals surface area contributed by atoms with Gasteiger partial charge in [-0.15, -0.1) is 0 Å². The fourth-order valence-corrected chi connectivity index (χ4v) is 3.72. The molecule has 1 N–H and O–H groups in total. The molecule has 2 fully saturated rings. The van der Waals surface area contributed by atoms with Gasteiger partial charge in [0, 0.05) is 44.8 Å². The maximum Gasteiger partial charge on any atom is 0.0223 e. The highest BCUT2D eigenvalue weighted by atomic mass is 15.3. The summed E-state index contributed by atoms with van der Waals surface area (Å²) in [5.41, 5.74) is 0. The highest BCUT2D eigenvalue weighted by Crippen LogP contribution is 2.28. The SMILES string of the molecule is CCN(CC)CCNCCN1CCC2CCC(C1)N2C. The number of fused-ring (bicyclic) bond motifs is 2. The van der Waals surface area contributed by atoms with Crippen molar-refractivity contribution in [3.8, 4) is 0 Å². The highest BCUT2D eigenvalue weighted by Gasteiger charge is 2.34. The maximum atomic E-state index is 3.61. The first-order valence-electron chi connectivity index (χ1n) is 8.62. The molecule has 0 aromatic rings. The third-order valence-electron chi connectivity index (χ3n) is 5.34. The summed E-state index contributed by atoms with van der Waals surface area (Å²) in [6.07, 6.45) is 4.20. The molecule has 0 aliphatic carbocycles. The van der Waals surface area contributed by atoms with Crippen molar-refractivity contribution in [3.05, 3.63) is 0 Å². The highest BCUT2D eigenvalue weighted by molar-refractivity contribution is 4.91. The van der Waals surface area contributed by atoms with Crippen molar-refractivity contribution in [2.24, 2.45) is 0 Å². The Hall–Kier alpha value is -0.160. The monoisotopic (exact) mass is 282 g/mol. The van der Waals surface area contributed by atoms with Gasteiger partial charge in [0.15, 0.2) is 0 Å². The second-order valence-electron chi connectivity index (χ2n) is 6.42. The average Bonchev–Trinajstić information content (AvgIpc) is 2.70. The molecule has 2 unspecified atom stereocenters. The zero-order valence-corrected chi connectivity index (χ0v) is 13.8. The van der Waals surface area contributed by atoms with Crippen molar-refractivity contribution in [2.75, 3.05) is 59.4 Å². The number of nitrogens with zero attached hydrogens (tertiary/aromatic N) is 3. The molecule has 118 valence electrons. The molecule has 2 atom stereocenters. The average molecular weight is 282 g/mol. The lowest BCUT2D eigenvalue weighted by Gasteiger charge is -2.26. The van der Waals surface area contributed by atoms with Gasteiger partial charge in [0.2, 0.25) is 0 Å². The summed E-state index contributed by atoms with van der Waals surface area (Å²) in [6, 6.07) is 1.68. The van der Waals surface area contributed by atoms with Crippen LogP contribution in [0.2, 0.25) is 0 Å². The predicted molar refractivity (Wildman–Crippen MR) is 86.3 cm³/mol. The Balaban J connectivity index is 1.58. The van der Waals surface area contributed by atoms with E-state index in [9.17, 15) is 0 Å². The van der Waals surface area contributed by atoms with Gasteiger partial charge in [-0.25, -0.2) is 0 Å². The van der Waals surface area contributed by atoms with Gasteiger partial charge in [-0.05, 0) is 45.9 Å². The fraction of sp³-hybridized carbons (Fsp3) is 1.00. The third kappa shape index (κ3) is 4.42. The number of hydrogen-bond acceptors (Lipinski definition) is 4. The first-order chi connectivity index (χ1) is 9.74. The van der Waals surface area contributed by atoms with Crippen LogP contribution in [0.1, 0.15) is 33.1 Å². The van der Waals surface area contributed by atoms with E-state index < -0.39 is 0 Å². The number of nitrogens with one attached hydrogen (secondary N) is 1. The van der Waals surface area contributed by atoms with Crippen LogP contribution in [-0.2, 0) is 0 Å². The zero-order valence-electron chi connectivity index (χ0n) is 13.8. The minimum absolute atomic E-state index is 0.818. The molecule has 2 aliphatic rings. The standard InChI is InChI=1S/C16H34N4/c1-4-19(5-2)12-9-17-10-13-20-11-8-15-6-7-16(14-20)18(15)3/h15-17H,4-14H2,1-3H3. The van der Waals surface area contributed by atoms with Crippen molar-refractivity contribution in [1.82, 2.24) is 20.0 Å².